The van der Waals surface area contributed by atoms with E-state index in [0.29, 0.717) is 5.56 Å². The second-order valence-electron chi connectivity index (χ2n) is 2.50. The van der Waals surface area contributed by atoms with Crippen LogP contribution >= 0.6 is 11.6 Å². The highest BCUT2D eigenvalue weighted by Crippen LogP contribution is 2.13. The summed E-state index contributed by atoms with van der Waals surface area (Å²) in [5.41, 5.74) is 1.40. The van der Waals surface area contributed by atoms with Gasteiger partial charge in [0.15, 0.2) is 0 Å². The summed E-state index contributed by atoms with van der Waals surface area (Å²) in [4.78, 5) is 10.9. The first-order chi connectivity index (χ1) is 5.79. The molecular weight excluding hydrogens is 174 g/mol. The van der Waals surface area contributed by atoms with Crippen molar-refractivity contribution in [3.63, 3.8) is 0 Å². The Morgan fingerprint density at radius 1 is 1.25 bits per heavy atom. The largest absolute Gasteiger partial charge is 0.323 e. The van der Waals surface area contributed by atoms with Crippen LogP contribution in [0.3, 0.4) is 0 Å². The number of hydrogen-bond donors (Lipinski definition) is 0. The molecule has 0 N–H and O–H groups in total. The van der Waals surface area contributed by atoms with Crippen molar-refractivity contribution in [1.29, 1.82) is 0 Å². The zero-order valence-corrected chi connectivity index (χ0v) is 6.95. The fraction of sp³-hybridized carbons (Fsp3) is 0. The number of rotatable bonds is 1. The van der Waals surface area contributed by atoms with E-state index in [0.717, 1.165) is 5.52 Å². The van der Waals surface area contributed by atoms with Crippen LogP contribution in [0.2, 0.25) is 0 Å². The Kier molecular flexibility index (Phi) is 1.62. The van der Waals surface area contributed by atoms with Crippen LogP contribution in [0.25, 0.3) is 5.52 Å². The molecule has 0 aliphatic heterocycles. The summed E-state index contributed by atoms with van der Waals surface area (Å²) >= 11 is 5.37. The molecule has 2 rings (SSSR count). The van der Waals surface area contributed by atoms with Gasteiger partial charge in [0.05, 0.1) is 11.1 Å². The van der Waals surface area contributed by atoms with Crippen LogP contribution in [0.4, 0.5) is 0 Å². The van der Waals surface area contributed by atoms with Gasteiger partial charge in [0, 0.05) is 12.4 Å². The number of pyridine rings is 1. The molecule has 2 nitrogen and oxygen atoms in total. The third-order valence-electron chi connectivity index (χ3n) is 1.78. The lowest BCUT2D eigenvalue weighted by molar-refractivity contribution is 0.108. The SMILES string of the molecule is O=C(Cl)c1ccn2ccccc12. The van der Waals surface area contributed by atoms with Crippen molar-refractivity contribution in [2.24, 2.45) is 0 Å². The van der Waals surface area contributed by atoms with E-state index in [9.17, 15) is 4.79 Å². The number of fused-ring (bicyclic) bond motifs is 1. The van der Waals surface area contributed by atoms with Crippen molar-refractivity contribution in [2.45, 2.75) is 0 Å². The van der Waals surface area contributed by atoms with Gasteiger partial charge < -0.3 is 4.40 Å². The molecule has 0 unspecified atom stereocenters. The van der Waals surface area contributed by atoms with Crippen LogP contribution in [0.15, 0.2) is 36.7 Å². The highest BCUT2D eigenvalue weighted by atomic mass is 35.5. The summed E-state index contributed by atoms with van der Waals surface area (Å²) in [5, 5.41) is -0.413. The summed E-state index contributed by atoms with van der Waals surface area (Å²) < 4.78 is 1.86. The summed E-state index contributed by atoms with van der Waals surface area (Å²) in [5.74, 6) is 0. The second kappa shape index (κ2) is 2.64. The predicted molar refractivity (Wildman–Crippen MR) is 47.6 cm³/mol. The summed E-state index contributed by atoms with van der Waals surface area (Å²) in [6.07, 6.45) is 3.68. The summed E-state index contributed by atoms with van der Waals surface area (Å²) in [6, 6.07) is 7.34. The second-order valence-corrected chi connectivity index (χ2v) is 2.84. The fourth-order valence-electron chi connectivity index (χ4n) is 1.22. The van der Waals surface area contributed by atoms with E-state index in [1.54, 1.807) is 6.07 Å². The normalized spacial score (nSPS) is 10.4. The Morgan fingerprint density at radius 3 is 2.83 bits per heavy atom. The highest BCUT2D eigenvalue weighted by molar-refractivity contribution is 6.68. The number of halogens is 1. The van der Waals surface area contributed by atoms with Gasteiger partial charge in [-0.1, -0.05) is 6.07 Å². The van der Waals surface area contributed by atoms with Crippen LogP contribution < -0.4 is 0 Å². The predicted octanol–water partition coefficient (Wildman–Crippen LogP) is 2.32. The molecule has 0 fully saturated rings. The van der Waals surface area contributed by atoms with E-state index in [4.69, 9.17) is 11.6 Å². The van der Waals surface area contributed by atoms with Crippen LogP contribution in [-0.4, -0.2) is 9.64 Å². The Labute approximate surface area is 74.4 Å². The first-order valence-electron chi connectivity index (χ1n) is 3.54. The monoisotopic (exact) mass is 179 g/mol. The molecule has 2 aromatic heterocycles. The van der Waals surface area contributed by atoms with Crippen molar-refractivity contribution in [3.05, 3.63) is 42.2 Å². The van der Waals surface area contributed by atoms with Gasteiger partial charge in [-0.3, -0.25) is 4.79 Å². The maximum absolute atomic E-state index is 10.9. The van der Waals surface area contributed by atoms with Gasteiger partial charge in [-0.2, -0.15) is 0 Å². The highest BCUT2D eigenvalue weighted by Gasteiger charge is 2.06. The van der Waals surface area contributed by atoms with E-state index in [1.807, 2.05) is 35.0 Å². The van der Waals surface area contributed by atoms with E-state index in [1.165, 1.54) is 0 Å². The number of nitrogens with zero attached hydrogens (tertiary/aromatic N) is 1. The fourth-order valence-corrected chi connectivity index (χ4v) is 1.38. The van der Waals surface area contributed by atoms with Gasteiger partial charge in [-0.15, -0.1) is 0 Å². The minimum atomic E-state index is -0.413. The molecule has 2 heterocycles. The lowest BCUT2D eigenvalue weighted by Crippen LogP contribution is -1.87. The third kappa shape index (κ3) is 1.01. The van der Waals surface area contributed by atoms with E-state index >= 15 is 0 Å². The van der Waals surface area contributed by atoms with E-state index in [2.05, 4.69) is 0 Å². The van der Waals surface area contributed by atoms with Gasteiger partial charge in [0.2, 0.25) is 0 Å². The lowest BCUT2D eigenvalue weighted by Gasteiger charge is -1.93. The van der Waals surface area contributed by atoms with Crippen LogP contribution in [0.1, 0.15) is 10.4 Å². The van der Waals surface area contributed by atoms with Gasteiger partial charge in [-0.25, -0.2) is 0 Å². The maximum atomic E-state index is 10.9. The van der Waals surface area contributed by atoms with Crippen molar-refractivity contribution < 1.29 is 4.79 Å². The van der Waals surface area contributed by atoms with Crippen LogP contribution in [0, 0.1) is 0 Å². The Balaban J connectivity index is 2.79. The molecule has 2 aromatic rings. The topological polar surface area (TPSA) is 21.5 Å². The van der Waals surface area contributed by atoms with Crippen molar-refractivity contribution in [2.75, 3.05) is 0 Å². The minimum absolute atomic E-state index is 0.413. The standard InChI is InChI=1S/C9H6ClNO/c10-9(12)7-4-6-11-5-2-1-3-8(7)11/h1-6H. The zero-order chi connectivity index (χ0) is 8.55. The summed E-state index contributed by atoms with van der Waals surface area (Å²) in [7, 11) is 0. The average Bonchev–Trinajstić information content (AvgIpc) is 2.47. The smallest absolute Gasteiger partial charge is 0.254 e. The van der Waals surface area contributed by atoms with Gasteiger partial charge in [0.25, 0.3) is 5.24 Å². The Bertz CT molecular complexity index is 433. The first-order valence-corrected chi connectivity index (χ1v) is 3.92. The van der Waals surface area contributed by atoms with E-state index < -0.39 is 5.24 Å². The Morgan fingerprint density at radius 2 is 2.08 bits per heavy atom. The molecule has 0 aromatic carbocycles. The molecule has 12 heavy (non-hydrogen) atoms. The van der Waals surface area contributed by atoms with Crippen molar-refractivity contribution >= 4 is 22.4 Å². The van der Waals surface area contributed by atoms with Crippen molar-refractivity contribution in [1.82, 2.24) is 4.40 Å². The molecule has 0 amide bonds. The van der Waals surface area contributed by atoms with Gasteiger partial charge in [0.1, 0.15) is 0 Å². The summed E-state index contributed by atoms with van der Waals surface area (Å²) in [6.45, 7) is 0. The number of aromatic nitrogens is 1. The molecule has 0 saturated heterocycles. The molecule has 0 bridgehead atoms. The molecular formula is C9H6ClNO. The third-order valence-corrected chi connectivity index (χ3v) is 1.98. The Hall–Kier alpha value is -1.28. The number of carbonyl (C=O) groups is 1. The molecule has 60 valence electrons. The zero-order valence-electron chi connectivity index (χ0n) is 6.20. The molecule has 0 saturated carbocycles. The molecule has 0 aliphatic rings. The number of carbonyl (C=O) groups excluding carboxylic acids is 1. The molecule has 0 radical (unpaired) electrons. The lowest BCUT2D eigenvalue weighted by atomic mass is 10.3. The quantitative estimate of drug-likeness (QED) is 0.616. The average molecular weight is 180 g/mol. The van der Waals surface area contributed by atoms with Gasteiger partial charge >= 0.3 is 0 Å². The molecule has 0 aliphatic carbocycles. The van der Waals surface area contributed by atoms with Crippen LogP contribution in [-0.2, 0) is 0 Å². The molecule has 3 heteroatoms. The maximum Gasteiger partial charge on any atom is 0.254 e. The first kappa shape index (κ1) is 7.37. The molecule has 0 atom stereocenters. The van der Waals surface area contributed by atoms with Crippen LogP contribution in [0.5, 0.6) is 0 Å². The minimum Gasteiger partial charge on any atom is -0.323 e. The number of hydrogen-bond acceptors (Lipinski definition) is 1. The molecule has 0 spiro atoms. The van der Waals surface area contributed by atoms with Crippen molar-refractivity contribution in [3.8, 4) is 0 Å². The van der Waals surface area contributed by atoms with Gasteiger partial charge in [-0.05, 0) is 29.8 Å². The van der Waals surface area contributed by atoms with E-state index in [-0.39, 0.29) is 0 Å².